The molecule has 1 aromatic heterocycles. The summed E-state index contributed by atoms with van der Waals surface area (Å²) >= 11 is 3.47. The molecule has 3 rings (SSSR count). The lowest BCUT2D eigenvalue weighted by Gasteiger charge is -1.99. The topological polar surface area (TPSA) is 54.7 Å². The lowest BCUT2D eigenvalue weighted by atomic mass is 10.1. The maximum absolute atomic E-state index is 5.74. The van der Waals surface area contributed by atoms with Crippen LogP contribution in [0.2, 0.25) is 0 Å². The van der Waals surface area contributed by atoms with Gasteiger partial charge in [0.15, 0.2) is 0 Å². The molecule has 3 nitrogen and oxygen atoms in total. The monoisotopic (exact) mass is 287 g/mol. The minimum Gasteiger partial charge on any atom is -0.399 e. The van der Waals surface area contributed by atoms with Crippen molar-refractivity contribution in [3.05, 3.63) is 46.9 Å². The van der Waals surface area contributed by atoms with Crippen molar-refractivity contribution in [2.75, 3.05) is 5.73 Å². The number of H-pyrrole nitrogens is 1. The predicted molar refractivity (Wildman–Crippen MR) is 73.6 cm³/mol. The van der Waals surface area contributed by atoms with E-state index in [1.54, 1.807) is 0 Å². The van der Waals surface area contributed by atoms with Crippen molar-refractivity contribution >= 4 is 32.5 Å². The molecule has 0 fully saturated rings. The summed E-state index contributed by atoms with van der Waals surface area (Å²) in [6.07, 6.45) is 0. The van der Waals surface area contributed by atoms with E-state index in [0.717, 1.165) is 32.3 Å². The van der Waals surface area contributed by atoms with Crippen molar-refractivity contribution in [1.82, 2.24) is 10.2 Å². The van der Waals surface area contributed by atoms with Crippen LogP contribution in [0.1, 0.15) is 0 Å². The molecule has 0 aliphatic carbocycles. The summed E-state index contributed by atoms with van der Waals surface area (Å²) in [4.78, 5) is 0. The Morgan fingerprint density at radius 2 is 2.00 bits per heavy atom. The van der Waals surface area contributed by atoms with E-state index in [4.69, 9.17) is 5.73 Å². The van der Waals surface area contributed by atoms with E-state index in [2.05, 4.69) is 26.1 Å². The van der Waals surface area contributed by atoms with Gasteiger partial charge in [0.2, 0.25) is 0 Å². The molecule has 1 heterocycles. The lowest BCUT2D eigenvalue weighted by molar-refractivity contribution is 1.12. The first kappa shape index (κ1) is 10.4. The number of aromatic nitrogens is 2. The summed E-state index contributed by atoms with van der Waals surface area (Å²) in [5.74, 6) is 0. The Kier molecular flexibility index (Phi) is 2.37. The summed E-state index contributed by atoms with van der Waals surface area (Å²) in [5, 5.41) is 8.43. The van der Waals surface area contributed by atoms with Gasteiger partial charge in [-0.05, 0) is 30.3 Å². The van der Waals surface area contributed by atoms with E-state index >= 15 is 0 Å². The number of nitrogens with two attached hydrogens (primary N) is 1. The lowest BCUT2D eigenvalue weighted by Crippen LogP contribution is -1.82. The first-order valence-corrected chi connectivity index (χ1v) is 6.03. The van der Waals surface area contributed by atoms with Gasteiger partial charge < -0.3 is 5.73 Å². The second-order valence-electron chi connectivity index (χ2n) is 3.89. The van der Waals surface area contributed by atoms with Gasteiger partial charge in [-0.25, -0.2) is 0 Å². The first-order chi connectivity index (χ1) is 8.24. The average Bonchev–Trinajstić information content (AvgIpc) is 2.71. The molecule has 0 atom stereocenters. The molecule has 17 heavy (non-hydrogen) atoms. The fraction of sp³-hybridized carbons (Fsp3) is 0. The Bertz CT molecular complexity index is 688. The highest BCUT2D eigenvalue weighted by atomic mass is 79.9. The molecular formula is C13H10BrN3. The molecule has 0 saturated carbocycles. The summed E-state index contributed by atoms with van der Waals surface area (Å²) in [6.45, 7) is 0. The van der Waals surface area contributed by atoms with Crippen LogP contribution in [0.5, 0.6) is 0 Å². The minimum atomic E-state index is 0.738. The zero-order valence-corrected chi connectivity index (χ0v) is 10.5. The molecule has 0 radical (unpaired) electrons. The maximum atomic E-state index is 5.74. The highest BCUT2D eigenvalue weighted by Crippen LogP contribution is 2.28. The number of aromatic amines is 1. The molecule has 3 aromatic rings. The van der Waals surface area contributed by atoms with Crippen molar-refractivity contribution in [3.63, 3.8) is 0 Å². The summed E-state index contributed by atoms with van der Waals surface area (Å²) in [7, 11) is 0. The van der Waals surface area contributed by atoms with Crippen molar-refractivity contribution in [2.24, 2.45) is 0 Å². The molecule has 3 N–H and O–H groups in total. The van der Waals surface area contributed by atoms with Crippen LogP contribution < -0.4 is 5.73 Å². The number of fused-ring (bicyclic) bond motifs is 1. The number of benzene rings is 2. The first-order valence-electron chi connectivity index (χ1n) is 5.23. The van der Waals surface area contributed by atoms with Gasteiger partial charge in [0.1, 0.15) is 0 Å². The highest BCUT2D eigenvalue weighted by molar-refractivity contribution is 9.10. The molecular weight excluding hydrogens is 278 g/mol. The molecule has 0 bridgehead atoms. The van der Waals surface area contributed by atoms with Gasteiger partial charge >= 0.3 is 0 Å². The number of anilines is 1. The third kappa shape index (κ3) is 1.80. The molecule has 0 aliphatic heterocycles. The van der Waals surface area contributed by atoms with Crippen LogP contribution >= 0.6 is 15.9 Å². The number of nitrogens with one attached hydrogen (secondary N) is 1. The number of hydrogen-bond acceptors (Lipinski definition) is 2. The van der Waals surface area contributed by atoms with Crippen molar-refractivity contribution < 1.29 is 0 Å². The maximum Gasteiger partial charge on any atom is 0.0999 e. The standard InChI is InChI=1S/C13H10BrN3/c14-9-3-1-2-8(6-9)13-11-5-4-10(15)7-12(11)16-17-13/h1-7H,15H2,(H,16,17). The van der Waals surface area contributed by atoms with Crippen LogP contribution in [0.25, 0.3) is 22.2 Å². The van der Waals surface area contributed by atoms with E-state index in [-0.39, 0.29) is 0 Å². The number of nitrogen functional groups attached to an aromatic ring is 1. The van der Waals surface area contributed by atoms with E-state index in [1.165, 1.54) is 0 Å². The van der Waals surface area contributed by atoms with Gasteiger partial charge in [0.25, 0.3) is 0 Å². The third-order valence-electron chi connectivity index (χ3n) is 2.68. The van der Waals surface area contributed by atoms with Gasteiger partial charge in [0.05, 0.1) is 11.2 Å². The molecule has 0 amide bonds. The van der Waals surface area contributed by atoms with Crippen LogP contribution in [-0.2, 0) is 0 Å². The molecule has 0 unspecified atom stereocenters. The van der Waals surface area contributed by atoms with Crippen molar-refractivity contribution in [1.29, 1.82) is 0 Å². The molecule has 0 spiro atoms. The van der Waals surface area contributed by atoms with E-state index in [1.807, 2.05) is 42.5 Å². The Hall–Kier alpha value is -1.81. The van der Waals surface area contributed by atoms with Crippen LogP contribution in [0, 0.1) is 0 Å². The van der Waals surface area contributed by atoms with Crippen LogP contribution in [-0.4, -0.2) is 10.2 Å². The fourth-order valence-electron chi connectivity index (χ4n) is 1.89. The normalized spacial score (nSPS) is 10.9. The molecule has 4 heteroatoms. The zero-order valence-electron chi connectivity index (χ0n) is 8.94. The Balaban J connectivity index is 2.24. The smallest absolute Gasteiger partial charge is 0.0999 e. The SMILES string of the molecule is Nc1ccc2c(-c3cccc(Br)c3)n[nH]c2c1. The largest absolute Gasteiger partial charge is 0.399 e. The van der Waals surface area contributed by atoms with Crippen LogP contribution in [0.4, 0.5) is 5.69 Å². The fourth-order valence-corrected chi connectivity index (χ4v) is 2.29. The second kappa shape index (κ2) is 3.89. The van der Waals surface area contributed by atoms with Crippen LogP contribution in [0.15, 0.2) is 46.9 Å². The summed E-state index contributed by atoms with van der Waals surface area (Å²) in [6, 6.07) is 13.9. The third-order valence-corrected chi connectivity index (χ3v) is 3.18. The Morgan fingerprint density at radius 3 is 2.82 bits per heavy atom. The average molecular weight is 288 g/mol. The van der Waals surface area contributed by atoms with Crippen molar-refractivity contribution in [2.45, 2.75) is 0 Å². The Labute approximate surface area is 107 Å². The van der Waals surface area contributed by atoms with Gasteiger partial charge in [-0.3, -0.25) is 5.10 Å². The van der Waals surface area contributed by atoms with Gasteiger partial charge in [-0.1, -0.05) is 28.1 Å². The predicted octanol–water partition coefficient (Wildman–Crippen LogP) is 3.57. The molecule has 84 valence electrons. The minimum absolute atomic E-state index is 0.738. The number of hydrogen-bond donors (Lipinski definition) is 2. The summed E-state index contributed by atoms with van der Waals surface area (Å²) < 4.78 is 1.04. The number of nitrogens with zero attached hydrogens (tertiary/aromatic N) is 1. The van der Waals surface area contributed by atoms with Crippen LogP contribution in [0.3, 0.4) is 0 Å². The molecule has 0 saturated heterocycles. The quantitative estimate of drug-likeness (QED) is 0.672. The molecule has 0 aliphatic rings. The van der Waals surface area contributed by atoms with Gasteiger partial charge in [0, 0.05) is 21.1 Å². The second-order valence-corrected chi connectivity index (χ2v) is 4.80. The number of rotatable bonds is 1. The van der Waals surface area contributed by atoms with E-state index in [9.17, 15) is 0 Å². The zero-order chi connectivity index (χ0) is 11.8. The Morgan fingerprint density at radius 1 is 1.12 bits per heavy atom. The van der Waals surface area contributed by atoms with Crippen molar-refractivity contribution in [3.8, 4) is 11.3 Å². The van der Waals surface area contributed by atoms with E-state index in [0.29, 0.717) is 0 Å². The summed E-state index contributed by atoms with van der Waals surface area (Å²) in [5.41, 5.74) is 9.46. The highest BCUT2D eigenvalue weighted by Gasteiger charge is 2.08. The van der Waals surface area contributed by atoms with Gasteiger partial charge in [-0.15, -0.1) is 0 Å². The van der Waals surface area contributed by atoms with Gasteiger partial charge in [-0.2, -0.15) is 5.10 Å². The molecule has 2 aromatic carbocycles. The van der Waals surface area contributed by atoms with E-state index < -0.39 is 0 Å². The number of halogens is 1.